The fraction of sp³-hybridized carbons (Fsp3) is 0.754. The van der Waals surface area contributed by atoms with E-state index in [9.17, 15) is 63.0 Å². The summed E-state index contributed by atoms with van der Waals surface area (Å²) < 4.78 is 67.1. The molecule has 0 radical (unpaired) electrons. The Bertz CT molecular complexity index is 2460. The van der Waals surface area contributed by atoms with Crippen LogP contribution in [0.4, 0.5) is 0 Å². The number of sulfone groups is 1. The molecule has 2 bridgehead atoms. The first kappa shape index (κ1) is 69.7. The molecule has 1 amide bonds. The first-order valence-electron chi connectivity index (χ1n) is 29.4. The number of hydrogen-bond donors (Lipinski definition) is 6. The van der Waals surface area contributed by atoms with Gasteiger partial charge in [-0.2, -0.15) is 0 Å². The van der Waals surface area contributed by atoms with Gasteiger partial charge in [0.15, 0.2) is 16.1 Å². The average Bonchev–Trinajstić information content (AvgIpc) is 3.58. The number of allylic oxidation sites excluding steroid dienone is 6. The lowest BCUT2D eigenvalue weighted by Gasteiger charge is -2.42. The largest absolute Gasteiger partial charge is 0.460 e. The van der Waals surface area contributed by atoms with Crippen LogP contribution in [-0.4, -0.2) is 199 Å². The van der Waals surface area contributed by atoms with Gasteiger partial charge in [0, 0.05) is 52.6 Å². The van der Waals surface area contributed by atoms with Crippen LogP contribution in [0.3, 0.4) is 0 Å². The van der Waals surface area contributed by atoms with E-state index in [0.29, 0.717) is 62.5 Å². The van der Waals surface area contributed by atoms with Crippen molar-refractivity contribution in [2.45, 2.75) is 205 Å². The summed E-state index contributed by atoms with van der Waals surface area (Å²) >= 11 is 0. The molecular formula is C61H95NO20S. The van der Waals surface area contributed by atoms with Crippen molar-refractivity contribution in [3.8, 4) is 0 Å². The van der Waals surface area contributed by atoms with E-state index < -0.39 is 154 Å². The van der Waals surface area contributed by atoms with Gasteiger partial charge in [-0.05, 0) is 118 Å². The van der Waals surface area contributed by atoms with Crippen LogP contribution in [-0.2, 0) is 67.0 Å². The smallest absolute Gasteiger partial charge is 0.329 e. The highest BCUT2D eigenvalue weighted by Gasteiger charge is 2.53. The number of aliphatic hydroxyl groups is 6. The second-order valence-corrected chi connectivity index (χ2v) is 26.3. The number of amides is 1. The normalized spacial score (nSPS) is 40.0. The third-order valence-electron chi connectivity index (χ3n) is 17.8. The van der Waals surface area contributed by atoms with Gasteiger partial charge in [0.2, 0.25) is 5.79 Å². The Morgan fingerprint density at radius 2 is 1.58 bits per heavy atom. The molecule has 20 atom stereocenters. The zero-order valence-electron chi connectivity index (χ0n) is 50.2. The number of fused-ring (bicyclic) bond motifs is 3. The number of methoxy groups -OCH3 is 3. The number of hydrogen-bond acceptors (Lipinski definition) is 20. The molecule has 22 heteroatoms. The molecule has 0 spiro atoms. The minimum atomic E-state index is -4.35. The molecular weight excluding hydrogens is 1100 g/mol. The van der Waals surface area contributed by atoms with Crippen molar-refractivity contribution >= 4 is 39.2 Å². The van der Waals surface area contributed by atoms with Crippen molar-refractivity contribution in [1.29, 1.82) is 0 Å². The van der Waals surface area contributed by atoms with Crippen LogP contribution < -0.4 is 0 Å². The number of nitrogens with zero attached hydrogens (tertiary/aromatic N) is 1. The topological polar surface area (TPSA) is 309 Å². The Labute approximate surface area is 490 Å². The van der Waals surface area contributed by atoms with Gasteiger partial charge in [0.25, 0.3) is 11.7 Å². The number of carbonyl (C=O) groups excluding carboxylic acids is 5. The third-order valence-corrected chi connectivity index (χ3v) is 19.4. The van der Waals surface area contributed by atoms with E-state index in [1.165, 1.54) is 14.2 Å². The van der Waals surface area contributed by atoms with Gasteiger partial charge in [-0.15, -0.1) is 0 Å². The third kappa shape index (κ3) is 18.5. The summed E-state index contributed by atoms with van der Waals surface area (Å²) in [5, 5.41) is 64.3. The summed E-state index contributed by atoms with van der Waals surface area (Å²) in [7, 11) is 0.132. The first-order valence-corrected chi connectivity index (χ1v) is 31.3. The maximum Gasteiger partial charge on any atom is 0.329 e. The lowest BCUT2D eigenvalue weighted by Crippen LogP contribution is -2.61. The van der Waals surface area contributed by atoms with Crippen LogP contribution in [0, 0.1) is 41.4 Å². The molecule has 1 aliphatic carbocycles. The predicted octanol–water partition coefficient (Wildman–Crippen LogP) is 4.18. The molecule has 3 saturated heterocycles. The number of aliphatic hydroxyl groups excluding tert-OH is 5. The zero-order chi connectivity index (χ0) is 61.7. The molecule has 83 heavy (non-hydrogen) atoms. The second kappa shape index (κ2) is 31.6. The van der Waals surface area contributed by atoms with Crippen molar-refractivity contribution in [3.63, 3.8) is 0 Å². The standard InChI is InChI=1S/C61H95NO20S/c1-34-17-13-12-14-18-35(2)48(76-9)29-43-22-20-40(7)61(73,82-43)57(69)58(70)62-24-16-15-19-45(62)60(72)80-49(30-46(64)37(4)26-39(6)53(66)56(78-11)41(8)36(3)25-34)38(5)27-42-21-23-47(50(28-42)77-10)79-52(65)33-83(74,75)32-44-54(67)55(68)51(31-63)81-59(44)71/h12-14,17-18,26,34,36-38,40,42-45,47-51,53-56,59,63,66-68,71,73H,8,15-16,19-25,27-33H2,1-7,9-11H3/b14-12+,17-13+,35-18+,39-26+/t34-,36-,37-,38-,40-,42+,43+,44-,45+,47-,48+,49+,50-,51-,53-,54-,55-,56+,59+,61-/m1/s1. The molecule has 0 aromatic carbocycles. The van der Waals surface area contributed by atoms with Gasteiger partial charge in [-0.1, -0.05) is 77.7 Å². The van der Waals surface area contributed by atoms with Crippen LogP contribution in [0.1, 0.15) is 126 Å². The molecule has 0 aromatic heterocycles. The highest BCUT2D eigenvalue weighted by molar-refractivity contribution is 7.92. The van der Waals surface area contributed by atoms with Gasteiger partial charge in [-0.25, -0.2) is 13.2 Å². The SMILES string of the molecule is C=C1[C@H](C)C[C@H](C)/C=C/C=C/C=C(\C)[C@@H](OC)C[C@@H]2CC[C@@H](C)[C@@](O)(O2)C(=O)C(=O)N2CCCC[C@H]2C(=O)O[C@H]([C@H](C)C[C@@H]2CC[C@@H](OC(=O)CS(=O)(=O)C[C@@H]3[C@@H](O)[C@H](O)[C@@H](CO)O[C@@H]3O)[C@H](OC)C2)CC(=O)[C@H](C)/C=C(\C)[C@@H](O)[C@H]1OC. The maximum atomic E-state index is 14.7. The van der Waals surface area contributed by atoms with E-state index in [0.717, 1.165) is 10.5 Å². The van der Waals surface area contributed by atoms with E-state index in [2.05, 4.69) is 19.6 Å². The van der Waals surface area contributed by atoms with E-state index >= 15 is 0 Å². The Hall–Kier alpha value is -4.04. The fourth-order valence-corrected chi connectivity index (χ4v) is 13.9. The van der Waals surface area contributed by atoms with Gasteiger partial charge >= 0.3 is 11.9 Å². The molecule has 5 aliphatic rings. The maximum absolute atomic E-state index is 14.7. The quantitative estimate of drug-likeness (QED) is 0.0907. The van der Waals surface area contributed by atoms with Crippen molar-refractivity contribution in [3.05, 3.63) is 59.8 Å². The predicted molar refractivity (Wildman–Crippen MR) is 305 cm³/mol. The molecule has 6 N–H and O–H groups in total. The van der Waals surface area contributed by atoms with Gasteiger partial charge < -0.3 is 68.7 Å². The molecule has 4 fully saturated rings. The van der Waals surface area contributed by atoms with Gasteiger partial charge in [-0.3, -0.25) is 19.2 Å². The molecule has 0 unspecified atom stereocenters. The van der Waals surface area contributed by atoms with E-state index in [1.54, 1.807) is 34.0 Å². The summed E-state index contributed by atoms with van der Waals surface area (Å²) in [6, 6.07) is -1.24. The second-order valence-electron chi connectivity index (χ2n) is 24.2. The minimum Gasteiger partial charge on any atom is -0.460 e. The zero-order valence-corrected chi connectivity index (χ0v) is 51.0. The lowest BCUT2D eigenvalue weighted by molar-refractivity contribution is -0.265. The molecule has 4 heterocycles. The number of piperidine rings is 1. The fourth-order valence-electron chi connectivity index (χ4n) is 12.4. The van der Waals surface area contributed by atoms with Crippen LogP contribution in [0.2, 0.25) is 0 Å². The minimum absolute atomic E-state index is 0.0155. The Kier molecular flexibility index (Phi) is 26.5. The number of Topliss-reactive ketones (excluding diaryl/α,β-unsaturated/α-hetero) is 2. The number of ketones is 2. The lowest BCUT2D eigenvalue weighted by atomic mass is 9.78. The van der Waals surface area contributed by atoms with Crippen molar-refractivity contribution in [2.75, 3.05) is 46.0 Å². The van der Waals surface area contributed by atoms with Crippen LogP contribution in [0.25, 0.3) is 0 Å². The van der Waals surface area contributed by atoms with Crippen molar-refractivity contribution in [1.82, 2.24) is 4.90 Å². The Morgan fingerprint density at radius 1 is 0.867 bits per heavy atom. The van der Waals surface area contributed by atoms with E-state index in [1.807, 2.05) is 45.1 Å². The van der Waals surface area contributed by atoms with E-state index in [-0.39, 0.29) is 55.8 Å². The summed E-state index contributed by atoms with van der Waals surface area (Å²) in [6.07, 6.45) is 3.11. The first-order chi connectivity index (χ1) is 39.1. The number of esters is 2. The molecule has 5 rings (SSSR count). The summed E-state index contributed by atoms with van der Waals surface area (Å²) in [5.74, 6) is -12.8. The number of cyclic esters (lactones) is 1. The number of carbonyl (C=O) groups is 5. The van der Waals surface area contributed by atoms with Crippen molar-refractivity contribution < 1.29 is 96.2 Å². The Morgan fingerprint density at radius 3 is 2.24 bits per heavy atom. The highest BCUT2D eigenvalue weighted by atomic mass is 32.2. The van der Waals surface area contributed by atoms with Gasteiger partial charge in [0.05, 0.1) is 42.7 Å². The average molecular weight is 1190 g/mol. The Balaban J connectivity index is 1.39. The molecule has 1 saturated carbocycles. The number of rotatable bonds is 12. The summed E-state index contributed by atoms with van der Waals surface area (Å²) in [6.45, 7) is 16.5. The van der Waals surface area contributed by atoms with Crippen LogP contribution in [0.15, 0.2) is 59.8 Å². The van der Waals surface area contributed by atoms with Crippen LogP contribution in [0.5, 0.6) is 0 Å². The monoisotopic (exact) mass is 1190 g/mol. The number of ether oxygens (including phenoxy) is 7. The molecule has 4 aliphatic heterocycles. The summed E-state index contributed by atoms with van der Waals surface area (Å²) in [5.41, 5.74) is 2.02. The highest BCUT2D eigenvalue weighted by Crippen LogP contribution is 2.39. The van der Waals surface area contributed by atoms with Crippen molar-refractivity contribution in [2.24, 2.45) is 41.4 Å². The molecule has 21 nitrogen and oxygen atoms in total. The summed E-state index contributed by atoms with van der Waals surface area (Å²) in [4.78, 5) is 72.2. The molecule has 0 aromatic rings. The van der Waals surface area contributed by atoms with E-state index in [4.69, 9.17) is 33.2 Å². The van der Waals surface area contributed by atoms with Crippen LogP contribution >= 0.6 is 0 Å². The van der Waals surface area contributed by atoms with Gasteiger partial charge in [0.1, 0.15) is 54.2 Å². The molecule has 470 valence electrons.